The molecule has 5 aliphatic heterocycles. The molecule has 5 rings (SSSR count). The molecule has 5 fully saturated rings. The summed E-state index contributed by atoms with van der Waals surface area (Å²) in [6, 6.07) is 0. The molecule has 5 saturated heterocycles. The maximum atomic E-state index is 11.5. The molecule has 0 aromatic carbocycles. The monoisotopic (exact) mass is 820 g/mol. The van der Waals surface area contributed by atoms with Gasteiger partial charge in [0.25, 0.3) is 0 Å². The maximum absolute atomic E-state index is 11.5. The highest BCUT2D eigenvalue weighted by atomic mass is 16.8. The molecule has 328 valence electrons. The molecule has 5 aliphatic rings. The zero-order valence-corrected chi connectivity index (χ0v) is 31.5. The fourth-order valence-electron chi connectivity index (χ4n) is 7.75. The first-order valence-electron chi connectivity index (χ1n) is 18.9. The van der Waals surface area contributed by atoms with Gasteiger partial charge in [0, 0.05) is 17.8 Å². The Morgan fingerprint density at radius 1 is 0.321 bits per heavy atom. The number of hydrogen-bond acceptors (Lipinski definition) is 22. The van der Waals surface area contributed by atoms with Gasteiger partial charge in [-0.25, -0.2) is 0 Å². The van der Waals surface area contributed by atoms with Gasteiger partial charge in [-0.05, 0) is 6.92 Å². The van der Waals surface area contributed by atoms with E-state index in [0.717, 1.165) is 0 Å². The Labute approximate surface area is 322 Å². The van der Waals surface area contributed by atoms with Crippen molar-refractivity contribution in [1.82, 2.24) is 0 Å². The van der Waals surface area contributed by atoms with E-state index in [-0.39, 0.29) is 5.92 Å². The molecule has 25 atom stereocenters. The Hall–Kier alpha value is -0.880. The Morgan fingerprint density at radius 3 is 1.25 bits per heavy atom. The van der Waals surface area contributed by atoms with Crippen molar-refractivity contribution in [1.29, 1.82) is 0 Å². The number of rotatable bonds is 13. The zero-order chi connectivity index (χ0) is 41.3. The number of ether oxygens (including phenoxy) is 9. The average molecular weight is 821 g/mol. The summed E-state index contributed by atoms with van der Waals surface area (Å²) >= 11 is 0. The lowest BCUT2D eigenvalue weighted by Crippen LogP contribution is -2.67. The third-order valence-electron chi connectivity index (χ3n) is 11.7. The molecule has 0 radical (unpaired) electrons. The second kappa shape index (κ2) is 19.7. The Kier molecular flexibility index (Phi) is 16.2. The lowest BCUT2D eigenvalue weighted by Gasteiger charge is -2.50. The van der Waals surface area contributed by atoms with Crippen LogP contribution in [-0.4, -0.2) is 234 Å². The lowest BCUT2D eigenvalue weighted by atomic mass is 9.88. The van der Waals surface area contributed by atoms with E-state index in [1.54, 1.807) is 13.8 Å². The van der Waals surface area contributed by atoms with Crippen molar-refractivity contribution in [2.75, 3.05) is 33.0 Å². The molecule has 22 nitrogen and oxygen atoms in total. The van der Waals surface area contributed by atoms with Gasteiger partial charge in [0.15, 0.2) is 25.2 Å². The molecule has 0 aromatic rings. The summed E-state index contributed by atoms with van der Waals surface area (Å²) in [6.07, 6.45) is -32.4. The fraction of sp³-hybridized carbons (Fsp3) is 1.00. The maximum Gasteiger partial charge on any atom is 0.187 e. The van der Waals surface area contributed by atoms with Crippen LogP contribution < -0.4 is 0 Å². The Bertz CT molecular complexity index is 1200. The van der Waals surface area contributed by atoms with Crippen LogP contribution in [0.4, 0.5) is 0 Å². The molecule has 0 amide bonds. The van der Waals surface area contributed by atoms with Crippen LogP contribution in [0, 0.1) is 17.8 Å². The van der Waals surface area contributed by atoms with Crippen molar-refractivity contribution in [3.05, 3.63) is 0 Å². The van der Waals surface area contributed by atoms with Crippen LogP contribution in [0.1, 0.15) is 27.7 Å². The van der Waals surface area contributed by atoms with Crippen LogP contribution in [0.3, 0.4) is 0 Å². The number of aliphatic hydroxyl groups excluding tert-OH is 13. The number of aliphatic hydroxyl groups is 13. The average Bonchev–Trinajstić information content (AvgIpc) is 3.19. The minimum atomic E-state index is -1.98. The van der Waals surface area contributed by atoms with Crippen molar-refractivity contribution >= 4 is 0 Å². The van der Waals surface area contributed by atoms with Gasteiger partial charge in [0.1, 0.15) is 85.5 Å². The first-order valence-corrected chi connectivity index (χ1v) is 18.9. The largest absolute Gasteiger partial charge is 0.394 e. The molecule has 0 bridgehead atoms. The Morgan fingerprint density at radius 2 is 0.696 bits per heavy atom. The molecular formula is C34H60O22. The fourth-order valence-corrected chi connectivity index (χ4v) is 7.75. The SMILES string of the molecule is C[C@@H]1OC(CO)[C@@H](O[C@@H]2OC(CO)[C@@H](O[C@@H]3OC(CO)[C@@H](O)C(OC4O[C@H](CO)[C@@H](O)C(O)C4O[C@@H]4OC(CO)[C@@H](O)C(O)[C@@H]4C)[C@H]3O)C(O)[C@@H]2C)C(O)[C@@H]1C. The molecule has 0 aliphatic carbocycles. The first kappa shape index (κ1) is 46.2. The lowest BCUT2D eigenvalue weighted by molar-refractivity contribution is -0.394. The van der Waals surface area contributed by atoms with Crippen LogP contribution in [-0.2, 0) is 42.6 Å². The van der Waals surface area contributed by atoms with E-state index in [2.05, 4.69) is 0 Å². The van der Waals surface area contributed by atoms with Gasteiger partial charge in [0.2, 0.25) is 0 Å². The van der Waals surface area contributed by atoms with Gasteiger partial charge in [-0.3, -0.25) is 0 Å². The summed E-state index contributed by atoms with van der Waals surface area (Å²) in [7, 11) is 0. The minimum absolute atomic E-state index is 0.389. The van der Waals surface area contributed by atoms with Crippen molar-refractivity contribution in [2.45, 2.75) is 163 Å². The highest BCUT2D eigenvalue weighted by Gasteiger charge is 2.56. The zero-order valence-electron chi connectivity index (χ0n) is 31.5. The third kappa shape index (κ3) is 9.22. The van der Waals surface area contributed by atoms with Crippen LogP contribution in [0.15, 0.2) is 0 Å². The minimum Gasteiger partial charge on any atom is -0.394 e. The van der Waals surface area contributed by atoms with E-state index in [4.69, 9.17) is 42.6 Å². The van der Waals surface area contributed by atoms with Crippen molar-refractivity contribution in [3.63, 3.8) is 0 Å². The predicted octanol–water partition coefficient (Wildman–Crippen LogP) is -7.03. The highest BCUT2D eigenvalue weighted by molar-refractivity contribution is 4.98. The molecule has 11 unspecified atom stereocenters. The van der Waals surface area contributed by atoms with Crippen LogP contribution in [0.25, 0.3) is 0 Å². The van der Waals surface area contributed by atoms with Crippen molar-refractivity contribution < 1.29 is 109 Å². The summed E-state index contributed by atoms with van der Waals surface area (Å²) in [6.45, 7) is 2.78. The van der Waals surface area contributed by atoms with Crippen molar-refractivity contribution in [3.8, 4) is 0 Å². The van der Waals surface area contributed by atoms with E-state index >= 15 is 0 Å². The van der Waals surface area contributed by atoms with Crippen molar-refractivity contribution in [2.24, 2.45) is 17.8 Å². The standard InChI is InChI=1S/C34H60O22/c1-10-13(4)48-17(8-38)27(20(10)41)53-32-12(3)21(42)28(18(9-39)52-32)54-33-26(47)29(24(45)16(7-37)50-33)55-34-30(25(46)23(44)15(6-36)51-34)56-31-11(2)19(40)22(43)14(5-35)49-31/h10-47H,5-9H2,1-4H3/t10-,11+,12+,13+,14?,15-,16?,17?,18?,19?,20?,21?,22-,23-,24-,25?,26-,27-,28-,29?,30?,31+,32+,33+,34?/m1/s1. The Balaban J connectivity index is 1.33. The summed E-state index contributed by atoms with van der Waals surface area (Å²) in [5, 5.41) is 138. The second-order valence-corrected chi connectivity index (χ2v) is 15.4. The van der Waals surface area contributed by atoms with Gasteiger partial charge in [-0.1, -0.05) is 20.8 Å². The highest BCUT2D eigenvalue weighted by Crippen LogP contribution is 2.38. The first-order chi connectivity index (χ1) is 26.5. The summed E-state index contributed by atoms with van der Waals surface area (Å²) in [5.74, 6) is -2.30. The topological polar surface area (TPSA) is 346 Å². The van der Waals surface area contributed by atoms with Crippen LogP contribution in [0.5, 0.6) is 0 Å². The third-order valence-corrected chi connectivity index (χ3v) is 11.7. The molecule has 56 heavy (non-hydrogen) atoms. The van der Waals surface area contributed by atoms with Crippen LogP contribution >= 0.6 is 0 Å². The normalized spacial score (nSPS) is 53.2. The number of hydrogen-bond donors (Lipinski definition) is 13. The van der Waals surface area contributed by atoms with Gasteiger partial charge < -0.3 is 109 Å². The summed E-state index contributed by atoms with van der Waals surface area (Å²) < 4.78 is 52.6. The molecule has 0 spiro atoms. The van der Waals surface area contributed by atoms with E-state index in [1.807, 2.05) is 0 Å². The quantitative estimate of drug-likeness (QED) is 0.0821. The molecule has 13 N–H and O–H groups in total. The van der Waals surface area contributed by atoms with Gasteiger partial charge in [0.05, 0.1) is 57.5 Å². The van der Waals surface area contributed by atoms with E-state index in [0.29, 0.717) is 0 Å². The van der Waals surface area contributed by atoms with E-state index in [1.165, 1.54) is 13.8 Å². The van der Waals surface area contributed by atoms with Gasteiger partial charge in [-0.2, -0.15) is 0 Å². The van der Waals surface area contributed by atoms with Gasteiger partial charge >= 0.3 is 0 Å². The molecule has 0 aromatic heterocycles. The predicted molar refractivity (Wildman–Crippen MR) is 179 cm³/mol. The van der Waals surface area contributed by atoms with E-state index < -0.39 is 180 Å². The molecule has 22 heteroatoms. The molecular weight excluding hydrogens is 760 g/mol. The van der Waals surface area contributed by atoms with Gasteiger partial charge in [-0.15, -0.1) is 0 Å². The second-order valence-electron chi connectivity index (χ2n) is 15.4. The van der Waals surface area contributed by atoms with Crippen LogP contribution in [0.2, 0.25) is 0 Å². The van der Waals surface area contributed by atoms with E-state index in [9.17, 15) is 66.4 Å². The molecule has 5 heterocycles. The molecule has 0 saturated carbocycles. The summed E-state index contributed by atoms with van der Waals surface area (Å²) in [5.41, 5.74) is 0. The summed E-state index contributed by atoms with van der Waals surface area (Å²) in [4.78, 5) is 0. The smallest absolute Gasteiger partial charge is 0.187 e.